The molecule has 2 heterocycles. The van der Waals surface area contributed by atoms with Crippen molar-refractivity contribution in [3.05, 3.63) is 23.9 Å². The van der Waals surface area contributed by atoms with Crippen molar-refractivity contribution in [2.75, 3.05) is 19.4 Å². The second kappa shape index (κ2) is 6.71. The molecular weight excluding hydrogens is 226 g/mol. The summed E-state index contributed by atoms with van der Waals surface area (Å²) >= 11 is 0. The van der Waals surface area contributed by atoms with Gasteiger partial charge in [-0.15, -0.1) is 0 Å². The van der Waals surface area contributed by atoms with Crippen molar-refractivity contribution in [1.29, 1.82) is 0 Å². The van der Waals surface area contributed by atoms with E-state index in [0.29, 0.717) is 18.0 Å². The highest BCUT2D eigenvalue weighted by Crippen LogP contribution is 2.18. The Morgan fingerprint density at radius 2 is 2.44 bits per heavy atom. The molecule has 0 spiro atoms. The lowest BCUT2D eigenvalue weighted by atomic mass is 9.97. The van der Waals surface area contributed by atoms with Crippen LogP contribution in [0.5, 0.6) is 0 Å². The predicted octanol–water partition coefficient (Wildman–Crippen LogP) is 1.75. The zero-order valence-electron chi connectivity index (χ0n) is 11.1. The van der Waals surface area contributed by atoms with Gasteiger partial charge >= 0.3 is 0 Å². The largest absolute Gasteiger partial charge is 0.384 e. The molecule has 1 fully saturated rings. The highest BCUT2D eigenvalue weighted by Gasteiger charge is 2.18. The average molecular weight is 249 g/mol. The Bertz CT molecular complexity index is 364. The van der Waals surface area contributed by atoms with E-state index in [4.69, 9.17) is 10.5 Å². The fourth-order valence-corrected chi connectivity index (χ4v) is 2.52. The molecule has 1 aliphatic rings. The van der Waals surface area contributed by atoms with Gasteiger partial charge in [0, 0.05) is 18.8 Å². The summed E-state index contributed by atoms with van der Waals surface area (Å²) in [4.78, 5) is 4.02. The predicted molar refractivity (Wildman–Crippen MR) is 73.4 cm³/mol. The number of hydrogen-bond acceptors (Lipinski definition) is 4. The zero-order chi connectivity index (χ0) is 12.8. The number of nitrogens with one attached hydrogen (secondary N) is 1. The molecule has 1 aliphatic heterocycles. The molecule has 4 heteroatoms. The molecule has 3 N–H and O–H groups in total. The minimum Gasteiger partial charge on any atom is -0.384 e. The molecule has 0 amide bonds. The highest BCUT2D eigenvalue weighted by molar-refractivity contribution is 5.32. The highest BCUT2D eigenvalue weighted by atomic mass is 16.5. The van der Waals surface area contributed by atoms with Crippen molar-refractivity contribution >= 4 is 5.82 Å². The van der Waals surface area contributed by atoms with E-state index in [9.17, 15) is 0 Å². The lowest BCUT2D eigenvalue weighted by Gasteiger charge is -2.27. The van der Waals surface area contributed by atoms with Crippen molar-refractivity contribution in [3.8, 4) is 0 Å². The summed E-state index contributed by atoms with van der Waals surface area (Å²) in [6.07, 6.45) is 7.92. The van der Waals surface area contributed by atoms with E-state index >= 15 is 0 Å². The Balaban J connectivity index is 1.88. The van der Waals surface area contributed by atoms with Crippen molar-refractivity contribution in [3.63, 3.8) is 0 Å². The molecule has 1 aromatic rings. The first-order chi connectivity index (χ1) is 8.78. The number of anilines is 1. The van der Waals surface area contributed by atoms with Crippen molar-refractivity contribution in [2.45, 2.75) is 44.2 Å². The fourth-order valence-electron chi connectivity index (χ4n) is 2.52. The number of hydrogen-bond donors (Lipinski definition) is 2. The van der Waals surface area contributed by atoms with Gasteiger partial charge in [0.05, 0.1) is 6.10 Å². The lowest BCUT2D eigenvalue weighted by molar-refractivity contribution is 0.00569. The Morgan fingerprint density at radius 3 is 3.11 bits per heavy atom. The van der Waals surface area contributed by atoms with Crippen LogP contribution in [0.2, 0.25) is 0 Å². The smallest absolute Gasteiger partial charge is 0.123 e. The molecule has 18 heavy (non-hydrogen) atoms. The lowest BCUT2D eigenvalue weighted by Crippen LogP contribution is -2.34. The summed E-state index contributed by atoms with van der Waals surface area (Å²) in [5.74, 6) is 0.594. The maximum atomic E-state index is 5.79. The first kappa shape index (κ1) is 13.3. The van der Waals surface area contributed by atoms with Crippen LogP contribution in [-0.2, 0) is 11.2 Å². The minimum atomic E-state index is 0.412. The van der Waals surface area contributed by atoms with Crippen LogP contribution in [0.4, 0.5) is 5.82 Å². The standard InChI is InChI=1S/C14H23N3O/c1-16-12(10-13-4-2-3-7-18-13)8-11-5-6-17-14(15)9-11/h5-6,9,12-13,16H,2-4,7-8,10H2,1H3,(H2,15,17). The third-order valence-corrected chi connectivity index (χ3v) is 3.56. The molecule has 1 aromatic heterocycles. The van der Waals surface area contributed by atoms with E-state index in [-0.39, 0.29) is 0 Å². The third-order valence-electron chi connectivity index (χ3n) is 3.56. The van der Waals surface area contributed by atoms with Gasteiger partial charge in [-0.25, -0.2) is 4.98 Å². The van der Waals surface area contributed by atoms with Crippen LogP contribution < -0.4 is 11.1 Å². The molecule has 0 aliphatic carbocycles. The summed E-state index contributed by atoms with van der Waals surface area (Å²) in [6.45, 7) is 0.920. The Labute approximate surface area is 109 Å². The number of pyridine rings is 1. The molecule has 2 unspecified atom stereocenters. The van der Waals surface area contributed by atoms with Crippen molar-refractivity contribution in [1.82, 2.24) is 10.3 Å². The van der Waals surface area contributed by atoms with Gasteiger partial charge < -0.3 is 15.8 Å². The number of nitrogens with zero attached hydrogens (tertiary/aromatic N) is 1. The van der Waals surface area contributed by atoms with Crippen LogP contribution in [0.25, 0.3) is 0 Å². The molecule has 2 atom stereocenters. The van der Waals surface area contributed by atoms with Crippen molar-refractivity contribution in [2.24, 2.45) is 0 Å². The van der Waals surface area contributed by atoms with Crippen LogP contribution in [0.1, 0.15) is 31.2 Å². The molecular formula is C14H23N3O. The minimum absolute atomic E-state index is 0.412. The van der Waals surface area contributed by atoms with Crippen LogP contribution in [0, 0.1) is 0 Å². The van der Waals surface area contributed by atoms with Crippen LogP contribution in [0.3, 0.4) is 0 Å². The number of nitrogens with two attached hydrogens (primary N) is 1. The van der Waals surface area contributed by atoms with Gasteiger partial charge in [-0.2, -0.15) is 0 Å². The molecule has 1 saturated heterocycles. The van der Waals surface area contributed by atoms with E-state index < -0.39 is 0 Å². The summed E-state index contributed by atoms with van der Waals surface area (Å²) < 4.78 is 5.79. The monoisotopic (exact) mass is 249 g/mol. The summed E-state index contributed by atoms with van der Waals surface area (Å²) in [5, 5.41) is 3.38. The Hall–Kier alpha value is -1.13. The normalized spacial score (nSPS) is 21.7. The van der Waals surface area contributed by atoms with Gasteiger partial charge in [-0.05, 0) is 56.8 Å². The molecule has 0 saturated carbocycles. The molecule has 0 aromatic carbocycles. The topological polar surface area (TPSA) is 60.2 Å². The molecule has 2 rings (SSSR count). The number of likely N-dealkylation sites (N-methyl/N-ethyl adjacent to an activating group) is 1. The van der Waals surface area contributed by atoms with E-state index in [1.165, 1.54) is 24.8 Å². The second-order valence-corrected chi connectivity index (χ2v) is 5.00. The van der Waals surface area contributed by atoms with E-state index in [2.05, 4.69) is 10.3 Å². The first-order valence-electron chi connectivity index (χ1n) is 6.77. The fraction of sp³-hybridized carbons (Fsp3) is 0.643. The van der Waals surface area contributed by atoms with Gasteiger partial charge in [-0.1, -0.05) is 0 Å². The average Bonchev–Trinajstić information content (AvgIpc) is 2.39. The van der Waals surface area contributed by atoms with Gasteiger partial charge in [-0.3, -0.25) is 0 Å². The third kappa shape index (κ3) is 3.96. The maximum Gasteiger partial charge on any atom is 0.123 e. The molecule has 0 radical (unpaired) electrons. The Kier molecular flexibility index (Phi) is 4.96. The van der Waals surface area contributed by atoms with Crippen LogP contribution in [-0.4, -0.2) is 30.8 Å². The number of nitrogen functional groups attached to an aromatic ring is 1. The quantitative estimate of drug-likeness (QED) is 0.834. The van der Waals surface area contributed by atoms with E-state index in [1.54, 1.807) is 6.20 Å². The van der Waals surface area contributed by atoms with Gasteiger partial charge in [0.25, 0.3) is 0 Å². The summed E-state index contributed by atoms with van der Waals surface area (Å²) in [7, 11) is 2.01. The first-order valence-corrected chi connectivity index (χ1v) is 6.77. The molecule has 100 valence electrons. The van der Waals surface area contributed by atoms with E-state index in [1.807, 2.05) is 19.2 Å². The molecule has 0 bridgehead atoms. The Morgan fingerprint density at radius 1 is 1.56 bits per heavy atom. The number of rotatable bonds is 5. The van der Waals surface area contributed by atoms with Crippen LogP contribution >= 0.6 is 0 Å². The zero-order valence-corrected chi connectivity index (χ0v) is 11.1. The van der Waals surface area contributed by atoms with E-state index in [0.717, 1.165) is 19.4 Å². The van der Waals surface area contributed by atoms with Gasteiger partial charge in [0.15, 0.2) is 0 Å². The van der Waals surface area contributed by atoms with Gasteiger partial charge in [0.2, 0.25) is 0 Å². The van der Waals surface area contributed by atoms with Crippen LogP contribution in [0.15, 0.2) is 18.3 Å². The van der Waals surface area contributed by atoms with Gasteiger partial charge in [0.1, 0.15) is 5.82 Å². The number of aromatic nitrogens is 1. The summed E-state index contributed by atoms with van der Waals surface area (Å²) in [5.41, 5.74) is 6.94. The second-order valence-electron chi connectivity index (χ2n) is 5.00. The maximum absolute atomic E-state index is 5.79. The number of ether oxygens (including phenoxy) is 1. The van der Waals surface area contributed by atoms with Crippen molar-refractivity contribution < 1.29 is 4.74 Å². The molecule has 4 nitrogen and oxygen atoms in total. The summed E-state index contributed by atoms with van der Waals surface area (Å²) in [6, 6.07) is 4.42. The SMILES string of the molecule is CNC(Cc1ccnc(N)c1)CC1CCCCO1.